The van der Waals surface area contributed by atoms with E-state index in [9.17, 15) is 9.18 Å². The highest BCUT2D eigenvalue weighted by Gasteiger charge is 2.20. The molecule has 134 valence electrons. The Balaban J connectivity index is 1.79. The van der Waals surface area contributed by atoms with Crippen molar-refractivity contribution in [3.05, 3.63) is 35.6 Å². The van der Waals surface area contributed by atoms with Crippen molar-refractivity contribution >= 4 is 5.91 Å². The maximum Gasteiger partial charge on any atom is 0.236 e. The van der Waals surface area contributed by atoms with E-state index in [2.05, 4.69) is 16.7 Å². The van der Waals surface area contributed by atoms with Gasteiger partial charge in [0, 0.05) is 33.2 Å². The van der Waals surface area contributed by atoms with Gasteiger partial charge in [0.2, 0.25) is 5.91 Å². The standard InChI is InChI=1S/C19H30FN3O/c1-16(8-9-17-6-4-7-18(20)14-17)23-11-5-10-22(12-13-23)15-19(24)21(2)3/h4,6-7,14,16H,5,8-13,15H2,1-3H3/t16-/m0/s1. The second kappa shape index (κ2) is 9.14. The van der Waals surface area contributed by atoms with Crippen LogP contribution in [0.3, 0.4) is 0 Å². The van der Waals surface area contributed by atoms with Gasteiger partial charge in [-0.2, -0.15) is 0 Å². The first kappa shape index (κ1) is 18.9. The first-order chi connectivity index (χ1) is 11.5. The van der Waals surface area contributed by atoms with E-state index in [0.29, 0.717) is 12.6 Å². The summed E-state index contributed by atoms with van der Waals surface area (Å²) in [6.45, 7) is 6.73. The van der Waals surface area contributed by atoms with E-state index >= 15 is 0 Å². The average molecular weight is 335 g/mol. The maximum absolute atomic E-state index is 13.3. The first-order valence-corrected chi connectivity index (χ1v) is 8.86. The van der Waals surface area contributed by atoms with Gasteiger partial charge >= 0.3 is 0 Å². The molecule has 1 aromatic carbocycles. The van der Waals surface area contributed by atoms with E-state index in [4.69, 9.17) is 0 Å². The van der Waals surface area contributed by atoms with Crippen molar-refractivity contribution in [1.29, 1.82) is 0 Å². The predicted octanol–water partition coefficient (Wildman–Crippen LogP) is 2.24. The van der Waals surface area contributed by atoms with Crippen molar-refractivity contribution in [3.8, 4) is 0 Å². The van der Waals surface area contributed by atoms with Crippen LogP contribution < -0.4 is 0 Å². The summed E-state index contributed by atoms with van der Waals surface area (Å²) in [4.78, 5) is 18.3. The van der Waals surface area contributed by atoms with Crippen molar-refractivity contribution in [1.82, 2.24) is 14.7 Å². The lowest BCUT2D eigenvalue weighted by Gasteiger charge is -2.28. The third-order valence-electron chi connectivity index (χ3n) is 4.84. The Morgan fingerprint density at radius 2 is 2.04 bits per heavy atom. The zero-order valence-corrected chi connectivity index (χ0v) is 15.2. The molecule has 1 amide bonds. The number of likely N-dealkylation sites (N-methyl/N-ethyl adjacent to an activating group) is 1. The Bertz CT molecular complexity index is 535. The zero-order valence-electron chi connectivity index (χ0n) is 15.2. The van der Waals surface area contributed by atoms with Gasteiger partial charge < -0.3 is 4.90 Å². The summed E-state index contributed by atoms with van der Waals surface area (Å²) < 4.78 is 13.3. The van der Waals surface area contributed by atoms with Gasteiger partial charge in [0.15, 0.2) is 0 Å². The molecule has 0 unspecified atom stereocenters. The van der Waals surface area contributed by atoms with Crippen molar-refractivity contribution in [3.63, 3.8) is 0 Å². The number of rotatable bonds is 6. The number of benzene rings is 1. The highest BCUT2D eigenvalue weighted by molar-refractivity contribution is 5.77. The Hall–Kier alpha value is -1.46. The Morgan fingerprint density at radius 1 is 1.25 bits per heavy atom. The van der Waals surface area contributed by atoms with Crippen molar-refractivity contribution < 1.29 is 9.18 Å². The number of carbonyl (C=O) groups excluding carboxylic acids is 1. The van der Waals surface area contributed by atoms with Gasteiger partial charge in [0.1, 0.15) is 5.82 Å². The molecule has 1 fully saturated rings. The summed E-state index contributed by atoms with van der Waals surface area (Å²) in [6.07, 6.45) is 3.02. The van der Waals surface area contributed by atoms with Gasteiger partial charge in [0.05, 0.1) is 6.54 Å². The van der Waals surface area contributed by atoms with Gasteiger partial charge in [-0.1, -0.05) is 12.1 Å². The Morgan fingerprint density at radius 3 is 2.75 bits per heavy atom. The summed E-state index contributed by atoms with van der Waals surface area (Å²) >= 11 is 0. The SMILES string of the molecule is C[C@@H](CCc1cccc(F)c1)N1CCCN(CC(=O)N(C)C)CC1. The van der Waals surface area contributed by atoms with Crippen LogP contribution >= 0.6 is 0 Å². The fraction of sp³-hybridized carbons (Fsp3) is 0.632. The lowest BCUT2D eigenvalue weighted by Crippen LogP contribution is -2.40. The third kappa shape index (κ3) is 5.87. The lowest BCUT2D eigenvalue weighted by molar-refractivity contribution is -0.129. The molecule has 4 nitrogen and oxygen atoms in total. The fourth-order valence-electron chi connectivity index (χ4n) is 3.17. The van der Waals surface area contributed by atoms with E-state index in [1.807, 2.05) is 6.07 Å². The van der Waals surface area contributed by atoms with Crippen LogP contribution in [0.15, 0.2) is 24.3 Å². The number of hydrogen-bond acceptors (Lipinski definition) is 3. The molecule has 0 aromatic heterocycles. The van der Waals surface area contributed by atoms with Crippen LogP contribution in [0.2, 0.25) is 0 Å². The van der Waals surface area contributed by atoms with E-state index in [1.165, 1.54) is 6.07 Å². The molecular weight excluding hydrogens is 305 g/mol. The van der Waals surface area contributed by atoms with E-state index in [0.717, 1.165) is 51.0 Å². The highest BCUT2D eigenvalue weighted by Crippen LogP contribution is 2.14. The summed E-state index contributed by atoms with van der Waals surface area (Å²) in [5, 5.41) is 0. The van der Waals surface area contributed by atoms with Crippen molar-refractivity contribution in [2.45, 2.75) is 32.2 Å². The molecule has 24 heavy (non-hydrogen) atoms. The minimum absolute atomic E-state index is 0.156. The van der Waals surface area contributed by atoms with E-state index in [-0.39, 0.29) is 11.7 Å². The molecule has 2 rings (SSSR count). The second-order valence-corrected chi connectivity index (χ2v) is 6.97. The number of nitrogens with zero attached hydrogens (tertiary/aromatic N) is 3. The van der Waals surface area contributed by atoms with Crippen molar-refractivity contribution in [2.24, 2.45) is 0 Å². The minimum atomic E-state index is -0.156. The van der Waals surface area contributed by atoms with Crippen LogP contribution in [0.25, 0.3) is 0 Å². The van der Waals surface area contributed by atoms with Crippen molar-refractivity contribution in [2.75, 3.05) is 46.8 Å². The first-order valence-electron chi connectivity index (χ1n) is 8.86. The van der Waals surface area contributed by atoms with E-state index < -0.39 is 0 Å². The zero-order chi connectivity index (χ0) is 17.5. The van der Waals surface area contributed by atoms with Crippen LogP contribution in [0.5, 0.6) is 0 Å². The summed E-state index contributed by atoms with van der Waals surface area (Å²) in [5.41, 5.74) is 1.06. The maximum atomic E-state index is 13.3. The molecule has 0 saturated carbocycles. The number of hydrogen-bond donors (Lipinski definition) is 0. The van der Waals surface area contributed by atoms with Gasteiger partial charge in [-0.3, -0.25) is 14.6 Å². The van der Waals surface area contributed by atoms with Gasteiger partial charge in [-0.15, -0.1) is 0 Å². The third-order valence-corrected chi connectivity index (χ3v) is 4.84. The lowest BCUT2D eigenvalue weighted by atomic mass is 10.0. The normalized spacial score (nSPS) is 18.2. The number of carbonyl (C=O) groups is 1. The molecule has 0 bridgehead atoms. The Kier molecular flexibility index (Phi) is 7.18. The molecule has 1 heterocycles. The Labute approximate surface area is 145 Å². The largest absolute Gasteiger partial charge is 0.348 e. The quantitative estimate of drug-likeness (QED) is 0.798. The number of aryl methyl sites for hydroxylation is 1. The molecular formula is C19H30FN3O. The highest BCUT2D eigenvalue weighted by atomic mass is 19.1. The predicted molar refractivity (Wildman–Crippen MR) is 95.5 cm³/mol. The number of halogens is 1. The fourth-order valence-corrected chi connectivity index (χ4v) is 3.17. The van der Waals surface area contributed by atoms with Crippen LogP contribution in [-0.2, 0) is 11.2 Å². The average Bonchev–Trinajstić information content (AvgIpc) is 2.78. The molecule has 1 saturated heterocycles. The van der Waals surface area contributed by atoms with E-state index in [1.54, 1.807) is 31.1 Å². The van der Waals surface area contributed by atoms with Gasteiger partial charge in [-0.25, -0.2) is 4.39 Å². The molecule has 0 spiro atoms. The number of amides is 1. The van der Waals surface area contributed by atoms with Crippen LogP contribution in [0.4, 0.5) is 4.39 Å². The summed E-state index contributed by atoms with van der Waals surface area (Å²) in [5.74, 6) is 0.0127. The molecule has 1 aliphatic heterocycles. The van der Waals surface area contributed by atoms with Crippen LogP contribution in [0.1, 0.15) is 25.3 Å². The molecule has 5 heteroatoms. The summed E-state index contributed by atoms with van der Waals surface area (Å²) in [7, 11) is 3.61. The minimum Gasteiger partial charge on any atom is -0.348 e. The summed E-state index contributed by atoms with van der Waals surface area (Å²) in [6, 6.07) is 7.36. The molecule has 0 radical (unpaired) electrons. The molecule has 1 atom stereocenters. The molecule has 1 aliphatic rings. The smallest absolute Gasteiger partial charge is 0.236 e. The topological polar surface area (TPSA) is 26.8 Å². The van der Waals surface area contributed by atoms with Crippen LogP contribution in [0, 0.1) is 5.82 Å². The second-order valence-electron chi connectivity index (χ2n) is 6.97. The van der Waals surface area contributed by atoms with Gasteiger partial charge in [0.25, 0.3) is 0 Å². The molecule has 0 aliphatic carbocycles. The van der Waals surface area contributed by atoms with Gasteiger partial charge in [-0.05, 0) is 57.0 Å². The monoisotopic (exact) mass is 335 g/mol. The van der Waals surface area contributed by atoms with Crippen LogP contribution in [-0.4, -0.2) is 73.5 Å². The molecule has 1 aromatic rings. The molecule has 0 N–H and O–H groups in total.